The number of hydrogen-bond acceptors (Lipinski definition) is 5. The molecule has 0 radical (unpaired) electrons. The van der Waals surface area contributed by atoms with E-state index >= 15 is 8.78 Å². The molecule has 0 bridgehead atoms. The fraction of sp³-hybridized carbons (Fsp3) is 0.269. The van der Waals surface area contributed by atoms with Crippen LogP contribution in [0.5, 0.6) is 11.8 Å². The molecule has 2 aromatic carbocycles. The predicted molar refractivity (Wildman–Crippen MR) is 134 cm³/mol. The Morgan fingerprint density at radius 3 is 2.44 bits per heavy atom. The average Bonchev–Trinajstić information content (AvgIpc) is 3.07. The fourth-order valence-corrected chi connectivity index (χ4v) is 4.38. The van der Waals surface area contributed by atoms with Crippen molar-refractivity contribution in [2.75, 3.05) is 11.1 Å². The molecular formula is C26H26F2N6O2. The molecule has 0 unspecified atom stereocenters. The summed E-state index contributed by atoms with van der Waals surface area (Å²) in [6.45, 7) is 3.50. The number of carbonyl (C=O) groups excluding carboxylic acids is 1. The predicted octanol–water partition coefficient (Wildman–Crippen LogP) is 6.01. The lowest BCUT2D eigenvalue weighted by Gasteiger charge is -2.30. The highest BCUT2D eigenvalue weighted by Gasteiger charge is 2.28. The van der Waals surface area contributed by atoms with Gasteiger partial charge in [0.15, 0.2) is 0 Å². The van der Waals surface area contributed by atoms with Gasteiger partial charge in [-0.2, -0.15) is 0 Å². The van der Waals surface area contributed by atoms with Gasteiger partial charge in [0, 0.05) is 41.5 Å². The van der Waals surface area contributed by atoms with E-state index in [1.165, 1.54) is 12.1 Å². The molecule has 0 atom stereocenters. The van der Waals surface area contributed by atoms with Crippen LogP contribution >= 0.6 is 0 Å². The zero-order valence-electron chi connectivity index (χ0n) is 19.9. The summed E-state index contributed by atoms with van der Waals surface area (Å²) in [7, 11) is 0. The maximum Gasteiger partial charge on any atom is 0.321 e. The summed E-state index contributed by atoms with van der Waals surface area (Å²) in [5.74, 6) is -1.26. The topological polar surface area (TPSA) is 107 Å². The minimum Gasteiger partial charge on any atom is -0.424 e. The molecule has 4 aromatic rings. The summed E-state index contributed by atoms with van der Waals surface area (Å²) < 4.78 is 37.9. The van der Waals surface area contributed by atoms with Crippen LogP contribution < -0.4 is 21.1 Å². The molecule has 8 nitrogen and oxygen atoms in total. The molecule has 1 aliphatic rings. The molecule has 2 heterocycles. The van der Waals surface area contributed by atoms with Crippen molar-refractivity contribution < 1.29 is 18.3 Å². The number of anilines is 2. The van der Waals surface area contributed by atoms with E-state index in [1.807, 2.05) is 16.7 Å². The Balaban J connectivity index is 1.58. The minimum absolute atomic E-state index is 0.128. The summed E-state index contributed by atoms with van der Waals surface area (Å²) in [6, 6.07) is 8.97. The second-order valence-corrected chi connectivity index (χ2v) is 9.10. The SMILES string of the molecule is CC(C)NC(=O)Nc1c(F)cc(-c2c(N)c3ccc(Oc4ncccn4)cc3n2C2CCC2)cc1F. The third-order valence-electron chi connectivity index (χ3n) is 6.18. The van der Waals surface area contributed by atoms with E-state index in [-0.39, 0.29) is 23.7 Å². The number of fused-ring (bicyclic) bond motifs is 1. The van der Waals surface area contributed by atoms with Gasteiger partial charge < -0.3 is 25.7 Å². The highest BCUT2D eigenvalue weighted by atomic mass is 19.1. The molecule has 186 valence electrons. The van der Waals surface area contributed by atoms with Crippen LogP contribution in [0.3, 0.4) is 0 Å². The Morgan fingerprint density at radius 2 is 1.83 bits per heavy atom. The average molecular weight is 493 g/mol. The Bertz CT molecular complexity index is 1410. The molecular weight excluding hydrogens is 466 g/mol. The highest BCUT2D eigenvalue weighted by Crippen LogP contribution is 2.45. The van der Waals surface area contributed by atoms with Crippen molar-refractivity contribution in [3.05, 3.63) is 60.4 Å². The van der Waals surface area contributed by atoms with Gasteiger partial charge in [-0.15, -0.1) is 0 Å². The van der Waals surface area contributed by atoms with Gasteiger partial charge in [-0.05, 0) is 63.4 Å². The summed E-state index contributed by atoms with van der Waals surface area (Å²) >= 11 is 0. The number of carbonyl (C=O) groups is 1. The Hall–Kier alpha value is -4.21. The zero-order valence-corrected chi connectivity index (χ0v) is 19.9. The zero-order chi connectivity index (χ0) is 25.4. The van der Waals surface area contributed by atoms with Crippen LogP contribution in [0.4, 0.5) is 25.0 Å². The second kappa shape index (κ2) is 9.44. The lowest BCUT2D eigenvalue weighted by Crippen LogP contribution is -2.34. The van der Waals surface area contributed by atoms with Gasteiger partial charge in [-0.25, -0.2) is 23.5 Å². The third kappa shape index (κ3) is 4.41. The van der Waals surface area contributed by atoms with Gasteiger partial charge in [-0.1, -0.05) is 0 Å². The third-order valence-corrected chi connectivity index (χ3v) is 6.18. The molecule has 2 aromatic heterocycles. The van der Waals surface area contributed by atoms with Crippen LogP contribution in [0.15, 0.2) is 48.8 Å². The first-order valence-corrected chi connectivity index (χ1v) is 11.8. The monoisotopic (exact) mass is 492 g/mol. The van der Waals surface area contributed by atoms with Crippen molar-refractivity contribution in [1.82, 2.24) is 19.9 Å². The van der Waals surface area contributed by atoms with Crippen molar-refractivity contribution in [3.8, 4) is 23.0 Å². The smallest absolute Gasteiger partial charge is 0.321 e. The van der Waals surface area contributed by atoms with E-state index in [4.69, 9.17) is 10.5 Å². The lowest BCUT2D eigenvalue weighted by atomic mass is 9.92. The van der Waals surface area contributed by atoms with E-state index in [1.54, 1.807) is 38.4 Å². The van der Waals surface area contributed by atoms with Crippen LogP contribution in [0.1, 0.15) is 39.2 Å². The van der Waals surface area contributed by atoms with Gasteiger partial charge in [0.2, 0.25) is 0 Å². The number of nitrogens with one attached hydrogen (secondary N) is 2. The quantitative estimate of drug-likeness (QED) is 0.306. The highest BCUT2D eigenvalue weighted by molar-refractivity contribution is 6.02. The van der Waals surface area contributed by atoms with Crippen LogP contribution in [0.25, 0.3) is 22.2 Å². The van der Waals surface area contributed by atoms with Gasteiger partial charge in [0.05, 0.1) is 16.9 Å². The standard InChI is InChI=1S/C26H26F2N6O2/c1-14(2)32-25(35)33-23-19(27)11-15(12-20(23)28)24-22(29)18-8-7-17(36-26-30-9-4-10-31-26)13-21(18)34(24)16-5-3-6-16/h4,7-14,16H,3,5-6,29H2,1-2H3,(H2,32,33,35). The molecule has 5 rings (SSSR count). The Kier molecular flexibility index (Phi) is 6.17. The van der Waals surface area contributed by atoms with E-state index in [2.05, 4.69) is 20.6 Å². The van der Waals surface area contributed by atoms with Crippen molar-refractivity contribution in [1.29, 1.82) is 0 Å². The Labute approximate surface area is 206 Å². The molecule has 1 saturated carbocycles. The number of benzene rings is 2. The van der Waals surface area contributed by atoms with Crippen LogP contribution in [0, 0.1) is 11.6 Å². The largest absolute Gasteiger partial charge is 0.424 e. The first-order valence-electron chi connectivity index (χ1n) is 11.8. The molecule has 0 spiro atoms. The number of nitrogen functional groups attached to an aromatic ring is 1. The molecule has 0 aliphatic heterocycles. The van der Waals surface area contributed by atoms with Crippen molar-refractivity contribution >= 4 is 28.3 Å². The van der Waals surface area contributed by atoms with E-state index in [0.717, 1.165) is 30.2 Å². The van der Waals surface area contributed by atoms with Crippen LogP contribution in [-0.4, -0.2) is 26.6 Å². The number of aromatic nitrogens is 3. The van der Waals surface area contributed by atoms with E-state index in [0.29, 0.717) is 17.1 Å². The van der Waals surface area contributed by atoms with Crippen LogP contribution in [0.2, 0.25) is 0 Å². The number of nitrogens with zero attached hydrogens (tertiary/aromatic N) is 3. The number of halogens is 2. The maximum absolute atomic E-state index is 15.1. The molecule has 4 N–H and O–H groups in total. The number of hydrogen-bond donors (Lipinski definition) is 3. The first kappa shape index (κ1) is 23.5. The molecule has 0 saturated heterocycles. The maximum atomic E-state index is 15.1. The summed E-state index contributed by atoms with van der Waals surface area (Å²) in [5.41, 5.74) is 8.06. The molecule has 1 fully saturated rings. The Morgan fingerprint density at radius 1 is 1.14 bits per heavy atom. The lowest BCUT2D eigenvalue weighted by molar-refractivity contribution is 0.249. The molecule has 36 heavy (non-hydrogen) atoms. The van der Waals surface area contributed by atoms with Crippen molar-refractivity contribution in [2.45, 2.75) is 45.2 Å². The van der Waals surface area contributed by atoms with Gasteiger partial charge in [0.25, 0.3) is 0 Å². The van der Waals surface area contributed by atoms with Gasteiger partial charge >= 0.3 is 12.0 Å². The summed E-state index contributed by atoms with van der Waals surface area (Å²) in [4.78, 5) is 20.2. The van der Waals surface area contributed by atoms with Crippen LogP contribution in [-0.2, 0) is 0 Å². The number of amides is 2. The number of rotatable bonds is 6. The fourth-order valence-electron chi connectivity index (χ4n) is 4.38. The van der Waals surface area contributed by atoms with Crippen molar-refractivity contribution in [2.24, 2.45) is 0 Å². The number of nitrogens with two attached hydrogens (primary N) is 1. The second-order valence-electron chi connectivity index (χ2n) is 9.10. The first-order chi connectivity index (χ1) is 17.3. The minimum atomic E-state index is -0.890. The summed E-state index contributed by atoms with van der Waals surface area (Å²) in [5, 5.41) is 5.55. The summed E-state index contributed by atoms with van der Waals surface area (Å²) in [6.07, 6.45) is 6.06. The van der Waals surface area contributed by atoms with Gasteiger partial charge in [0.1, 0.15) is 23.1 Å². The molecule has 10 heteroatoms. The molecule has 2 amide bonds. The van der Waals surface area contributed by atoms with E-state index < -0.39 is 23.4 Å². The van der Waals surface area contributed by atoms with Crippen molar-refractivity contribution in [3.63, 3.8) is 0 Å². The van der Waals surface area contributed by atoms with Gasteiger partial charge in [-0.3, -0.25) is 0 Å². The molecule has 1 aliphatic carbocycles. The number of urea groups is 1. The van der Waals surface area contributed by atoms with E-state index in [9.17, 15) is 4.79 Å². The normalized spacial score (nSPS) is 13.6. The number of ether oxygens (including phenoxy) is 1.